The summed E-state index contributed by atoms with van der Waals surface area (Å²) in [5.41, 5.74) is 0. The van der Waals surface area contributed by atoms with Crippen LogP contribution in [0.2, 0.25) is 10.0 Å². The second kappa shape index (κ2) is 6.30. The maximum absolute atomic E-state index is 12.7. The molecule has 2 rings (SSSR count). The Morgan fingerprint density at radius 1 is 1.19 bits per heavy atom. The predicted octanol–water partition coefficient (Wildman–Crippen LogP) is 2.80. The van der Waals surface area contributed by atoms with Gasteiger partial charge >= 0.3 is 0 Å². The molecule has 1 aromatic carbocycles. The molecule has 0 aliphatic carbocycles. The van der Waals surface area contributed by atoms with Crippen molar-refractivity contribution in [2.75, 3.05) is 20.2 Å². The fourth-order valence-electron chi connectivity index (χ4n) is 2.33. The first-order valence-electron chi connectivity index (χ1n) is 6.44. The minimum absolute atomic E-state index is 0.0173. The average molecular weight is 354 g/mol. The third kappa shape index (κ3) is 3.46. The van der Waals surface area contributed by atoms with E-state index in [0.717, 1.165) is 0 Å². The van der Waals surface area contributed by atoms with Crippen LogP contribution in [-0.2, 0) is 14.8 Å². The Bertz CT molecular complexity index is 625. The van der Waals surface area contributed by atoms with Crippen LogP contribution in [0.1, 0.15) is 13.8 Å². The van der Waals surface area contributed by atoms with E-state index in [4.69, 9.17) is 32.7 Å². The van der Waals surface area contributed by atoms with Crippen LogP contribution in [0.4, 0.5) is 0 Å². The van der Waals surface area contributed by atoms with Gasteiger partial charge in [0, 0.05) is 19.2 Å². The van der Waals surface area contributed by atoms with Crippen molar-refractivity contribution in [3.05, 3.63) is 22.2 Å². The molecule has 1 heterocycles. The molecule has 118 valence electrons. The van der Waals surface area contributed by atoms with Crippen molar-refractivity contribution in [1.82, 2.24) is 4.31 Å². The van der Waals surface area contributed by atoms with Crippen LogP contribution >= 0.6 is 23.2 Å². The van der Waals surface area contributed by atoms with E-state index in [0.29, 0.717) is 5.75 Å². The molecular formula is C13H17Cl2NO4S. The lowest BCUT2D eigenvalue weighted by Gasteiger charge is -2.34. The summed E-state index contributed by atoms with van der Waals surface area (Å²) in [4.78, 5) is -0.0173. The van der Waals surface area contributed by atoms with Gasteiger partial charge < -0.3 is 9.47 Å². The van der Waals surface area contributed by atoms with Gasteiger partial charge in [-0.1, -0.05) is 23.2 Å². The number of methoxy groups -OCH3 is 1. The second-order valence-corrected chi connectivity index (χ2v) is 7.72. The zero-order valence-corrected chi connectivity index (χ0v) is 14.3. The lowest BCUT2D eigenvalue weighted by molar-refractivity contribution is -0.0440. The molecule has 0 radical (unpaired) electrons. The number of ether oxygens (including phenoxy) is 2. The minimum Gasteiger partial charge on any atom is -0.495 e. The van der Waals surface area contributed by atoms with Gasteiger partial charge in [-0.05, 0) is 19.9 Å². The van der Waals surface area contributed by atoms with Gasteiger partial charge in [0.25, 0.3) is 0 Å². The quantitative estimate of drug-likeness (QED) is 0.838. The molecule has 1 fully saturated rings. The van der Waals surface area contributed by atoms with Gasteiger partial charge in [-0.3, -0.25) is 0 Å². The molecule has 0 saturated carbocycles. The minimum atomic E-state index is -3.72. The maximum Gasteiger partial charge on any atom is 0.244 e. The number of morpholine rings is 1. The third-order valence-corrected chi connectivity index (χ3v) is 5.80. The Labute approximate surface area is 134 Å². The number of benzene rings is 1. The SMILES string of the molecule is COc1cc(Cl)c(S(=O)(=O)N2C[C@H](C)O[C@@H](C)C2)cc1Cl. The van der Waals surface area contributed by atoms with Gasteiger partial charge in [-0.25, -0.2) is 8.42 Å². The fraction of sp³-hybridized carbons (Fsp3) is 0.538. The summed E-state index contributed by atoms with van der Waals surface area (Å²) in [6, 6.07) is 2.73. The van der Waals surface area contributed by atoms with Crippen LogP contribution in [0.5, 0.6) is 5.75 Å². The summed E-state index contributed by atoms with van der Waals surface area (Å²) in [6.07, 6.45) is -0.341. The Morgan fingerprint density at radius 3 is 2.29 bits per heavy atom. The highest BCUT2D eigenvalue weighted by atomic mass is 35.5. The van der Waals surface area contributed by atoms with Crippen molar-refractivity contribution in [1.29, 1.82) is 0 Å². The van der Waals surface area contributed by atoms with E-state index in [-0.39, 0.29) is 40.2 Å². The van der Waals surface area contributed by atoms with Gasteiger partial charge in [0.15, 0.2) is 0 Å². The van der Waals surface area contributed by atoms with E-state index in [1.807, 2.05) is 13.8 Å². The number of halogens is 2. The Hall–Kier alpha value is -0.530. The summed E-state index contributed by atoms with van der Waals surface area (Å²) in [6.45, 7) is 4.24. The average Bonchev–Trinajstić information content (AvgIpc) is 2.39. The van der Waals surface area contributed by atoms with Crippen molar-refractivity contribution in [2.45, 2.75) is 31.0 Å². The predicted molar refractivity (Wildman–Crippen MR) is 81.8 cm³/mol. The van der Waals surface area contributed by atoms with Gasteiger partial charge in [0.1, 0.15) is 10.6 Å². The highest BCUT2D eigenvalue weighted by Crippen LogP contribution is 2.35. The number of nitrogens with zero attached hydrogens (tertiary/aromatic N) is 1. The van der Waals surface area contributed by atoms with Crippen molar-refractivity contribution in [3.8, 4) is 5.75 Å². The largest absolute Gasteiger partial charge is 0.495 e. The highest BCUT2D eigenvalue weighted by molar-refractivity contribution is 7.89. The van der Waals surface area contributed by atoms with E-state index in [1.165, 1.54) is 23.5 Å². The molecule has 2 atom stereocenters. The van der Waals surface area contributed by atoms with E-state index in [1.54, 1.807) is 0 Å². The summed E-state index contributed by atoms with van der Waals surface area (Å²) in [5, 5.41) is 0.290. The van der Waals surface area contributed by atoms with Gasteiger partial charge in [-0.2, -0.15) is 4.31 Å². The van der Waals surface area contributed by atoms with Crippen LogP contribution < -0.4 is 4.74 Å². The van der Waals surface area contributed by atoms with Gasteiger partial charge in [-0.15, -0.1) is 0 Å². The van der Waals surface area contributed by atoms with Crippen LogP contribution in [-0.4, -0.2) is 45.1 Å². The first-order chi connectivity index (χ1) is 9.75. The normalized spacial score (nSPS) is 24.0. The van der Waals surface area contributed by atoms with Crippen LogP contribution in [0.3, 0.4) is 0 Å². The zero-order chi connectivity index (χ0) is 15.8. The van der Waals surface area contributed by atoms with Gasteiger partial charge in [0.05, 0.1) is 29.4 Å². The lowest BCUT2D eigenvalue weighted by atomic mass is 10.3. The number of sulfonamides is 1. The topological polar surface area (TPSA) is 55.8 Å². The van der Waals surface area contributed by atoms with Crippen molar-refractivity contribution in [2.24, 2.45) is 0 Å². The molecule has 0 spiro atoms. The molecule has 1 aromatic rings. The standard InChI is InChI=1S/C13H17Cl2NO4S/c1-8-6-16(7-9(2)20-8)21(17,18)13-5-10(14)12(19-3)4-11(13)15/h4-5,8-9H,6-7H2,1-3H3/t8-,9-/m0/s1. The molecule has 0 aromatic heterocycles. The molecule has 1 saturated heterocycles. The molecule has 0 amide bonds. The van der Waals surface area contributed by atoms with Crippen LogP contribution in [0.25, 0.3) is 0 Å². The maximum atomic E-state index is 12.7. The second-order valence-electron chi connectivity index (χ2n) is 5.00. The Morgan fingerprint density at radius 2 is 1.76 bits per heavy atom. The molecule has 21 heavy (non-hydrogen) atoms. The third-order valence-electron chi connectivity index (χ3n) is 3.21. The summed E-state index contributed by atoms with van der Waals surface area (Å²) in [7, 11) is -2.28. The zero-order valence-electron chi connectivity index (χ0n) is 12.0. The monoisotopic (exact) mass is 353 g/mol. The van der Waals surface area contributed by atoms with E-state index < -0.39 is 10.0 Å². The molecule has 0 unspecified atom stereocenters. The summed E-state index contributed by atoms with van der Waals surface area (Å²) in [5.74, 6) is 0.337. The molecule has 0 bridgehead atoms. The number of hydrogen-bond donors (Lipinski definition) is 0. The van der Waals surface area contributed by atoms with Crippen molar-refractivity contribution >= 4 is 33.2 Å². The molecule has 1 aliphatic rings. The summed E-state index contributed by atoms with van der Waals surface area (Å²) < 4.78 is 37.4. The summed E-state index contributed by atoms with van der Waals surface area (Å²) >= 11 is 12.1. The Kier molecular flexibility index (Phi) is 5.05. The number of rotatable bonds is 3. The smallest absolute Gasteiger partial charge is 0.244 e. The van der Waals surface area contributed by atoms with E-state index in [2.05, 4.69) is 0 Å². The van der Waals surface area contributed by atoms with Crippen LogP contribution in [0.15, 0.2) is 17.0 Å². The van der Waals surface area contributed by atoms with Gasteiger partial charge in [0.2, 0.25) is 10.0 Å². The number of hydrogen-bond acceptors (Lipinski definition) is 4. The van der Waals surface area contributed by atoms with E-state index >= 15 is 0 Å². The van der Waals surface area contributed by atoms with Crippen molar-refractivity contribution in [3.63, 3.8) is 0 Å². The van der Waals surface area contributed by atoms with Crippen molar-refractivity contribution < 1.29 is 17.9 Å². The van der Waals surface area contributed by atoms with Crippen LogP contribution in [0, 0.1) is 0 Å². The molecular weight excluding hydrogens is 337 g/mol. The molecule has 1 aliphatic heterocycles. The lowest BCUT2D eigenvalue weighted by Crippen LogP contribution is -2.48. The van der Waals surface area contributed by atoms with E-state index in [9.17, 15) is 8.42 Å². The highest BCUT2D eigenvalue weighted by Gasteiger charge is 2.34. The first-order valence-corrected chi connectivity index (χ1v) is 8.64. The fourth-order valence-corrected chi connectivity index (χ4v) is 4.74. The first kappa shape index (κ1) is 16.8. The molecule has 8 heteroatoms. The molecule has 5 nitrogen and oxygen atoms in total. The Balaban J connectivity index is 2.42. The molecule has 0 N–H and O–H groups in total.